The first-order chi connectivity index (χ1) is 59.4. The lowest BCUT2D eigenvalue weighted by molar-refractivity contribution is 0.369. The third kappa shape index (κ3) is 10.4. The molecule has 17 aromatic rings. The second-order valence-corrected chi connectivity index (χ2v) is 36.3. The Balaban J connectivity index is 0.799. The summed E-state index contributed by atoms with van der Waals surface area (Å²) >= 11 is 0. The van der Waals surface area contributed by atoms with Gasteiger partial charge in [-0.25, -0.2) is 0 Å². The molecule has 0 aliphatic heterocycles. The maximum absolute atomic E-state index is 7.78. The van der Waals surface area contributed by atoms with Gasteiger partial charge >= 0.3 is 0 Å². The van der Waals surface area contributed by atoms with Crippen molar-refractivity contribution in [2.24, 2.45) is 0 Å². The lowest BCUT2D eigenvalue weighted by atomic mass is 9.62. The number of rotatable bonds is 27. The molecule has 0 saturated heterocycles. The van der Waals surface area contributed by atoms with Crippen LogP contribution in [0.15, 0.2) is 286 Å². The summed E-state index contributed by atoms with van der Waals surface area (Å²) in [5, 5.41) is 7.13. The third-order valence-electron chi connectivity index (χ3n) is 30.0. The first-order valence-electron chi connectivity index (χ1n) is 46.0. The minimum Gasteiger partial charge on any atom is -0.456 e. The van der Waals surface area contributed by atoms with Crippen LogP contribution in [-0.2, 0) is 21.7 Å². The predicted octanol–water partition coefficient (Wildman–Crippen LogP) is 33.5. The van der Waals surface area contributed by atoms with Gasteiger partial charge in [-0.3, -0.25) is 0 Å². The first kappa shape index (κ1) is 73.4. The molecular formula is C116H105NO3. The number of anilines is 3. The highest BCUT2D eigenvalue weighted by Gasteiger charge is 2.59. The number of furan rings is 3. The van der Waals surface area contributed by atoms with E-state index in [1.807, 2.05) is 0 Å². The fourth-order valence-corrected chi connectivity index (χ4v) is 25.0. The van der Waals surface area contributed by atoms with Crippen LogP contribution in [0.25, 0.3) is 133 Å². The molecule has 14 aromatic carbocycles. The van der Waals surface area contributed by atoms with Crippen LogP contribution in [0.3, 0.4) is 0 Å². The Hall–Kier alpha value is -11.7. The maximum atomic E-state index is 7.78. The molecule has 3 heterocycles. The van der Waals surface area contributed by atoms with Crippen LogP contribution in [0, 0.1) is 0 Å². The zero-order chi connectivity index (χ0) is 80.0. The Kier molecular flexibility index (Phi) is 17.8. The van der Waals surface area contributed by atoms with Crippen molar-refractivity contribution in [3.63, 3.8) is 0 Å². The van der Waals surface area contributed by atoms with Gasteiger partial charge < -0.3 is 18.2 Å². The zero-order valence-electron chi connectivity index (χ0n) is 70.1. The Morgan fingerprint density at radius 1 is 0.225 bits per heavy atom. The monoisotopic (exact) mass is 1560 g/mol. The number of hydrogen-bond acceptors (Lipinski definition) is 4. The normalized spacial score (nSPS) is 14.9. The lowest BCUT2D eigenvalue weighted by Gasteiger charge is -2.40. The van der Waals surface area contributed by atoms with Crippen LogP contribution in [0.4, 0.5) is 17.1 Å². The minimum atomic E-state index is -0.732. The second kappa shape index (κ2) is 29.0. The van der Waals surface area contributed by atoms with E-state index >= 15 is 0 Å². The molecule has 0 saturated carbocycles. The van der Waals surface area contributed by atoms with Crippen LogP contribution < -0.4 is 4.90 Å². The molecule has 0 bridgehead atoms. The van der Waals surface area contributed by atoms with Crippen molar-refractivity contribution < 1.29 is 13.3 Å². The number of unbranched alkanes of at least 4 members (excludes halogenated alkanes) is 16. The smallest absolute Gasteiger partial charge is 0.144 e. The summed E-state index contributed by atoms with van der Waals surface area (Å²) in [5.74, 6) is 0. The highest BCUT2D eigenvalue weighted by Crippen LogP contribution is 2.72. The van der Waals surface area contributed by atoms with Crippen LogP contribution in [0.5, 0.6) is 0 Å². The van der Waals surface area contributed by atoms with E-state index < -0.39 is 10.8 Å². The van der Waals surface area contributed by atoms with E-state index in [1.165, 1.54) is 249 Å². The number of nitrogens with zero attached hydrogens (tertiary/aromatic N) is 1. The van der Waals surface area contributed by atoms with Gasteiger partial charge in [-0.2, -0.15) is 0 Å². The molecule has 2 spiro atoms. The number of hydrogen-bond donors (Lipinski definition) is 0. The third-order valence-corrected chi connectivity index (χ3v) is 30.0. The van der Waals surface area contributed by atoms with E-state index in [2.05, 4.69) is 306 Å². The largest absolute Gasteiger partial charge is 0.456 e. The van der Waals surface area contributed by atoms with Crippen LogP contribution in [0.2, 0.25) is 0 Å². The summed E-state index contributed by atoms with van der Waals surface area (Å²) < 4.78 is 21.8. The molecule has 0 amide bonds. The van der Waals surface area contributed by atoms with Crippen molar-refractivity contribution in [2.75, 3.05) is 4.90 Å². The predicted molar refractivity (Wildman–Crippen MR) is 501 cm³/mol. The van der Waals surface area contributed by atoms with Gasteiger partial charge in [0.05, 0.1) is 10.8 Å². The Labute approximate surface area is 706 Å². The molecule has 120 heavy (non-hydrogen) atoms. The highest BCUT2D eigenvalue weighted by atomic mass is 16.3. The van der Waals surface area contributed by atoms with Gasteiger partial charge in [0, 0.05) is 71.8 Å². The molecule has 4 nitrogen and oxygen atoms in total. The molecule has 0 N–H and O–H groups in total. The van der Waals surface area contributed by atoms with Gasteiger partial charge in [0.25, 0.3) is 0 Å². The summed E-state index contributed by atoms with van der Waals surface area (Å²) in [5.41, 5.74) is 39.8. The topological polar surface area (TPSA) is 42.7 Å². The van der Waals surface area contributed by atoms with Crippen LogP contribution >= 0.6 is 0 Å². The average Bonchev–Trinajstić information content (AvgIpc) is 1.49. The van der Waals surface area contributed by atoms with Gasteiger partial charge in [0.2, 0.25) is 0 Å². The minimum absolute atomic E-state index is 0.193. The summed E-state index contributed by atoms with van der Waals surface area (Å²) in [6.07, 6.45) is 29.1. The van der Waals surface area contributed by atoms with Crippen molar-refractivity contribution in [3.05, 3.63) is 340 Å². The van der Waals surface area contributed by atoms with Gasteiger partial charge in [0.15, 0.2) is 0 Å². The number of para-hydroxylation sites is 3. The molecule has 0 atom stereocenters. The molecule has 0 radical (unpaired) electrons. The van der Waals surface area contributed by atoms with Crippen LogP contribution in [0.1, 0.15) is 249 Å². The van der Waals surface area contributed by atoms with Crippen LogP contribution in [-0.4, -0.2) is 0 Å². The molecular weight excluding hydrogens is 1460 g/mol. The summed E-state index contributed by atoms with van der Waals surface area (Å²) in [4.78, 5) is 2.65. The second-order valence-electron chi connectivity index (χ2n) is 36.3. The summed E-state index contributed by atoms with van der Waals surface area (Å²) in [7, 11) is 0. The first-order valence-corrected chi connectivity index (χ1v) is 46.0. The molecule has 0 unspecified atom stereocenters. The molecule has 6 aliphatic carbocycles. The number of fused-ring (bicyclic) bond motifs is 39. The molecule has 6 aliphatic rings. The molecule has 592 valence electrons. The zero-order valence-corrected chi connectivity index (χ0v) is 70.1. The Morgan fingerprint density at radius 3 is 1.17 bits per heavy atom. The SMILES string of the molecule is CCCCCCCC1(CCCCCCC)c2cc(N(c3ccc4c(c3)C3(c5ccccc5-c5ccccc53)c3cc5c(cc3-4)C3(c4ccccc4-c4ccccc43)c3ccc4oc6ccccc6c4c3-5)c3ccc4c(c3)oc3ccccc34)ccc2-c2c1c1c(c3c2oc2ccccc23)-c2ccccc2C1(CCCCCCC)CCCCCCC. The van der Waals surface area contributed by atoms with Gasteiger partial charge in [-0.05, 0) is 226 Å². The molecule has 3 aromatic heterocycles. The highest BCUT2D eigenvalue weighted by molar-refractivity contribution is 6.22. The van der Waals surface area contributed by atoms with E-state index in [-0.39, 0.29) is 10.8 Å². The van der Waals surface area contributed by atoms with E-state index in [1.54, 1.807) is 16.7 Å². The lowest BCUT2D eigenvalue weighted by Crippen LogP contribution is -2.33. The van der Waals surface area contributed by atoms with E-state index in [0.717, 1.165) is 105 Å². The van der Waals surface area contributed by atoms with Crippen molar-refractivity contribution >= 4 is 82.9 Å². The van der Waals surface area contributed by atoms with E-state index in [4.69, 9.17) is 13.3 Å². The molecule has 23 rings (SSSR count). The summed E-state index contributed by atoms with van der Waals surface area (Å²) in [6, 6.07) is 106. The Morgan fingerprint density at radius 2 is 0.600 bits per heavy atom. The van der Waals surface area contributed by atoms with Crippen molar-refractivity contribution in [1.29, 1.82) is 0 Å². The summed E-state index contributed by atoms with van der Waals surface area (Å²) in [6.45, 7) is 9.50. The standard InChI is InChI=1S/C116H105NO3/c1-5-9-13-17-37-65-113(66-38-18-14-10-6-2)90-49-29-25-46-84(90)107-108-87-48-28-36-56-102(87)120-112(108)109-85-62-59-74(69-96(85)114(111(109)110(107)113,67-39-19-15-11-7-3)68-40-20-16-12-8-4)117(76-58-61-83-82-45-26-34-54-100(82)119-104(83)71-76)75-57-60-81-88-72-99-89(73-98(88)116(97(81)70-75)93-52-32-23-43-79(93)80-44-24-33-53-94(80)116)105-95(63-64-103-106(105)86-47-27-35-55-101(86)118-103)115(99)91-50-30-21-41-77(91)78-42-22-31-51-92(78)115/h21-36,41-64,69-73H,5-20,37-40,65-68H2,1-4H3. The average molecular weight is 1560 g/mol. The fraction of sp³-hybridized carbons (Fsp3) is 0.276. The van der Waals surface area contributed by atoms with Gasteiger partial charge in [-0.1, -0.05) is 350 Å². The Bertz CT molecular complexity index is 6860. The van der Waals surface area contributed by atoms with Crippen molar-refractivity contribution in [2.45, 2.75) is 203 Å². The molecule has 4 heteroatoms. The quantitative estimate of drug-likeness (QED) is 0.0481. The van der Waals surface area contributed by atoms with Gasteiger partial charge in [0.1, 0.15) is 33.5 Å². The van der Waals surface area contributed by atoms with Gasteiger partial charge in [-0.15, -0.1) is 0 Å². The van der Waals surface area contributed by atoms with E-state index in [9.17, 15) is 0 Å². The maximum Gasteiger partial charge on any atom is 0.144 e. The van der Waals surface area contributed by atoms with E-state index in [0.29, 0.717) is 0 Å². The number of benzene rings is 14. The molecule has 0 fully saturated rings. The van der Waals surface area contributed by atoms with Crippen molar-refractivity contribution in [3.8, 4) is 66.8 Å². The van der Waals surface area contributed by atoms with Crippen molar-refractivity contribution in [1.82, 2.24) is 0 Å². The fourth-order valence-electron chi connectivity index (χ4n) is 25.0.